The van der Waals surface area contributed by atoms with Gasteiger partial charge >= 0.3 is 0 Å². The normalized spacial score (nSPS) is 15.1. The summed E-state index contributed by atoms with van der Waals surface area (Å²) in [6.07, 6.45) is 2.48. The molecule has 2 aromatic carbocycles. The minimum Gasteiger partial charge on any atom is -0.370 e. The average molecular weight is 518 g/mol. The minimum atomic E-state index is -0.903. The van der Waals surface area contributed by atoms with Gasteiger partial charge in [-0.3, -0.25) is 5.41 Å². The number of guanidine groups is 1. The zero-order valence-corrected chi connectivity index (χ0v) is 20.0. The van der Waals surface area contributed by atoms with Crippen molar-refractivity contribution in [3.05, 3.63) is 65.4 Å². The van der Waals surface area contributed by atoms with Gasteiger partial charge in [0.05, 0.1) is 5.69 Å². The fourth-order valence-corrected chi connectivity index (χ4v) is 4.71. The van der Waals surface area contributed by atoms with Crippen molar-refractivity contribution in [2.45, 2.75) is 25.3 Å². The Morgan fingerprint density at radius 3 is 2.66 bits per heavy atom. The molecule has 1 atom stereocenters. The van der Waals surface area contributed by atoms with Crippen molar-refractivity contribution in [2.75, 3.05) is 11.9 Å². The van der Waals surface area contributed by atoms with E-state index in [1.807, 2.05) is 29.2 Å². The minimum absolute atomic E-state index is 0. The summed E-state index contributed by atoms with van der Waals surface area (Å²) in [5.41, 5.74) is 8.34. The van der Waals surface area contributed by atoms with Crippen LogP contribution >= 0.6 is 23.7 Å². The number of anilines is 2. The molecule has 1 aliphatic rings. The predicted molar refractivity (Wildman–Crippen MR) is 133 cm³/mol. The second kappa shape index (κ2) is 10.4. The first kappa shape index (κ1) is 24.6. The van der Waals surface area contributed by atoms with Gasteiger partial charge in [0.15, 0.2) is 22.7 Å². The van der Waals surface area contributed by atoms with Crippen LogP contribution in [0, 0.1) is 17.0 Å². The van der Waals surface area contributed by atoms with Crippen LogP contribution in [0.3, 0.4) is 0 Å². The second-order valence-electron chi connectivity index (χ2n) is 7.96. The first-order chi connectivity index (χ1) is 16.5. The van der Waals surface area contributed by atoms with Crippen LogP contribution in [0.15, 0.2) is 52.4 Å². The topological polar surface area (TPSA) is 117 Å². The van der Waals surface area contributed by atoms with E-state index in [1.165, 1.54) is 17.4 Å². The molecular formula is C23H22ClF2N7OS. The number of aromatic nitrogens is 3. The van der Waals surface area contributed by atoms with Crippen LogP contribution in [0.1, 0.15) is 18.7 Å². The zero-order valence-electron chi connectivity index (χ0n) is 18.4. The molecule has 1 saturated heterocycles. The Labute approximate surface area is 210 Å². The highest BCUT2D eigenvalue weighted by Gasteiger charge is 2.27. The lowest BCUT2D eigenvalue weighted by molar-refractivity contribution is 0.320. The Hall–Kier alpha value is -3.57. The van der Waals surface area contributed by atoms with E-state index < -0.39 is 11.6 Å². The summed E-state index contributed by atoms with van der Waals surface area (Å²) in [5, 5.41) is 17.4. The van der Waals surface area contributed by atoms with Crippen molar-refractivity contribution in [1.29, 1.82) is 5.41 Å². The van der Waals surface area contributed by atoms with Crippen LogP contribution in [0.4, 0.5) is 19.6 Å². The van der Waals surface area contributed by atoms with Crippen molar-refractivity contribution in [2.24, 2.45) is 5.73 Å². The van der Waals surface area contributed by atoms with Gasteiger partial charge in [-0.2, -0.15) is 4.98 Å². The summed E-state index contributed by atoms with van der Waals surface area (Å²) in [5.74, 6) is -0.712. The lowest BCUT2D eigenvalue weighted by Crippen LogP contribution is -2.41. The number of nitrogens with one attached hydrogen (secondary N) is 2. The fraction of sp³-hybridized carbons (Fsp3) is 0.217. The molecule has 1 fully saturated rings. The molecule has 0 aliphatic carbocycles. The molecule has 35 heavy (non-hydrogen) atoms. The van der Waals surface area contributed by atoms with Gasteiger partial charge in [-0.25, -0.2) is 13.8 Å². The van der Waals surface area contributed by atoms with Gasteiger partial charge in [-0.15, -0.1) is 23.7 Å². The molecule has 3 heterocycles. The number of hydrogen-bond donors (Lipinski definition) is 3. The Morgan fingerprint density at radius 2 is 1.91 bits per heavy atom. The molecular weight excluding hydrogens is 496 g/mol. The third-order valence-electron chi connectivity index (χ3n) is 5.68. The van der Waals surface area contributed by atoms with Crippen molar-refractivity contribution < 1.29 is 13.3 Å². The summed E-state index contributed by atoms with van der Waals surface area (Å²) < 4.78 is 32.1. The molecule has 4 aromatic rings. The number of benzene rings is 2. The summed E-state index contributed by atoms with van der Waals surface area (Å²) in [4.78, 5) is 10.8. The first-order valence-electron chi connectivity index (χ1n) is 10.7. The van der Waals surface area contributed by atoms with Crippen molar-refractivity contribution >= 4 is 40.5 Å². The predicted octanol–water partition coefficient (Wildman–Crippen LogP) is 5.20. The van der Waals surface area contributed by atoms with E-state index in [2.05, 4.69) is 20.4 Å². The maximum Gasteiger partial charge on any atom is 0.229 e. The highest BCUT2D eigenvalue weighted by atomic mass is 35.5. The lowest BCUT2D eigenvalue weighted by Gasteiger charge is -2.23. The Kier molecular flexibility index (Phi) is 7.27. The summed E-state index contributed by atoms with van der Waals surface area (Å²) in [6, 6.07) is 11.3. The summed E-state index contributed by atoms with van der Waals surface area (Å²) in [7, 11) is 0. The molecule has 5 rings (SSSR count). The summed E-state index contributed by atoms with van der Waals surface area (Å²) >= 11 is 1.36. The van der Waals surface area contributed by atoms with Crippen LogP contribution in [0.25, 0.3) is 22.6 Å². The lowest BCUT2D eigenvalue weighted by atomic mass is 10.1. The maximum absolute atomic E-state index is 13.5. The highest BCUT2D eigenvalue weighted by molar-refractivity contribution is 7.14. The fourth-order valence-electron chi connectivity index (χ4n) is 3.97. The van der Waals surface area contributed by atoms with E-state index in [1.54, 1.807) is 5.38 Å². The maximum atomic E-state index is 13.5. The number of thiazole rings is 1. The van der Waals surface area contributed by atoms with Crippen molar-refractivity contribution in [1.82, 2.24) is 20.0 Å². The largest absolute Gasteiger partial charge is 0.370 e. The van der Waals surface area contributed by atoms with E-state index in [9.17, 15) is 8.78 Å². The Morgan fingerprint density at radius 1 is 1.14 bits per heavy atom. The van der Waals surface area contributed by atoms with E-state index in [4.69, 9.17) is 15.7 Å². The Bertz CT molecular complexity index is 1330. The third kappa shape index (κ3) is 5.41. The molecule has 0 radical (unpaired) electrons. The quantitative estimate of drug-likeness (QED) is 0.237. The smallest absolute Gasteiger partial charge is 0.229 e. The third-order valence-corrected chi connectivity index (χ3v) is 6.44. The van der Waals surface area contributed by atoms with Gasteiger partial charge in [-0.1, -0.05) is 5.16 Å². The number of likely N-dealkylation sites (tertiary alicyclic amines) is 1. The first-order valence-corrected chi connectivity index (χ1v) is 11.6. The van der Waals surface area contributed by atoms with Crippen LogP contribution in [-0.4, -0.2) is 38.6 Å². The second-order valence-corrected chi connectivity index (χ2v) is 8.82. The van der Waals surface area contributed by atoms with Crippen molar-refractivity contribution in [3.8, 4) is 22.6 Å². The molecule has 0 saturated carbocycles. The number of nitrogens with two attached hydrogens (primary N) is 1. The monoisotopic (exact) mass is 517 g/mol. The number of nitrogens with zero attached hydrogens (tertiary/aromatic N) is 4. The molecule has 182 valence electrons. The molecule has 1 aliphatic heterocycles. The van der Waals surface area contributed by atoms with Crippen LogP contribution in [0.5, 0.6) is 0 Å². The van der Waals surface area contributed by atoms with Gasteiger partial charge in [0.1, 0.15) is 0 Å². The van der Waals surface area contributed by atoms with Crippen LogP contribution < -0.4 is 11.1 Å². The molecule has 0 bridgehead atoms. The number of hydrogen-bond acceptors (Lipinski definition) is 7. The van der Waals surface area contributed by atoms with Crippen LogP contribution in [0.2, 0.25) is 0 Å². The molecule has 8 nitrogen and oxygen atoms in total. The molecule has 12 heteroatoms. The van der Waals surface area contributed by atoms with Gasteiger partial charge in [0, 0.05) is 41.2 Å². The highest BCUT2D eigenvalue weighted by Crippen LogP contribution is 2.29. The number of rotatable bonds is 6. The van der Waals surface area contributed by atoms with E-state index >= 15 is 0 Å². The molecule has 0 unspecified atom stereocenters. The molecule has 2 aromatic heterocycles. The standard InChI is InChI=1S/C23H21F2N7OS.ClH/c24-17-8-5-14(10-18(17)25)19-12-34-23(29-19)28-15-6-3-13(4-7-15)21-30-20(33-31-21)11-16-2-1-9-32(16)22(26)27;/h3-8,10,12,16H,1-2,9,11H2,(H3,26,27)(H,28,29);1H/t16-;/m0./s1. The van der Waals surface area contributed by atoms with Crippen LogP contribution in [-0.2, 0) is 6.42 Å². The van der Waals surface area contributed by atoms with Gasteiger partial charge < -0.3 is 20.5 Å². The molecule has 0 spiro atoms. The molecule has 0 amide bonds. The Balaban J connectivity index is 0.00000289. The van der Waals surface area contributed by atoms with Gasteiger partial charge in [0.25, 0.3) is 0 Å². The van der Waals surface area contributed by atoms with E-state index in [-0.39, 0.29) is 24.4 Å². The zero-order chi connectivity index (χ0) is 23.7. The van der Waals surface area contributed by atoms with Crippen molar-refractivity contribution in [3.63, 3.8) is 0 Å². The average Bonchev–Trinajstić information content (AvgIpc) is 3.58. The van der Waals surface area contributed by atoms with E-state index in [0.717, 1.165) is 42.8 Å². The molecule has 4 N–H and O–H groups in total. The summed E-state index contributed by atoms with van der Waals surface area (Å²) in [6.45, 7) is 0.775. The SMILES string of the molecule is Cl.N=C(N)N1CCC[C@H]1Cc1nc(-c2ccc(Nc3nc(-c4ccc(F)c(F)c4)cs3)cc2)no1. The number of halogens is 3. The van der Waals surface area contributed by atoms with Gasteiger partial charge in [0.2, 0.25) is 11.7 Å². The van der Waals surface area contributed by atoms with E-state index in [0.29, 0.717) is 34.5 Å². The van der Waals surface area contributed by atoms with Gasteiger partial charge in [-0.05, 0) is 55.3 Å².